The lowest BCUT2D eigenvalue weighted by atomic mass is 10.1. The number of hydrogen-bond acceptors (Lipinski definition) is 4. The fraction of sp³-hybridized carbons (Fsp3) is 0.136. The van der Waals surface area contributed by atoms with Crippen molar-refractivity contribution in [3.05, 3.63) is 89.0 Å². The second-order valence-corrected chi connectivity index (χ2v) is 8.47. The van der Waals surface area contributed by atoms with Gasteiger partial charge in [0.15, 0.2) is 0 Å². The molecule has 6 heteroatoms. The van der Waals surface area contributed by atoms with Crippen molar-refractivity contribution in [3.63, 3.8) is 0 Å². The highest BCUT2D eigenvalue weighted by atomic mass is 32.2. The summed E-state index contributed by atoms with van der Waals surface area (Å²) in [5, 5.41) is 9.85. The number of phenolic OH excluding ortho intramolecular Hbond substituents is 1. The zero-order chi connectivity index (χ0) is 20.5. The van der Waals surface area contributed by atoms with Gasteiger partial charge in [0, 0.05) is 5.56 Å². The highest BCUT2D eigenvalue weighted by Crippen LogP contribution is 2.34. The van der Waals surface area contributed by atoms with Gasteiger partial charge in [-0.2, -0.15) is 4.31 Å². The van der Waals surface area contributed by atoms with Gasteiger partial charge in [-0.1, -0.05) is 35.9 Å². The van der Waals surface area contributed by atoms with Gasteiger partial charge in [-0.05, 0) is 68.3 Å². The number of sulfonamides is 1. The molecule has 0 bridgehead atoms. The number of amides is 1. The Balaban J connectivity index is 2.26. The van der Waals surface area contributed by atoms with Gasteiger partial charge in [0.25, 0.3) is 15.9 Å². The summed E-state index contributed by atoms with van der Waals surface area (Å²) in [5.41, 5.74) is 2.38. The van der Waals surface area contributed by atoms with Gasteiger partial charge in [0.1, 0.15) is 5.75 Å². The summed E-state index contributed by atoms with van der Waals surface area (Å²) >= 11 is 0. The number of benzene rings is 3. The van der Waals surface area contributed by atoms with E-state index in [1.165, 1.54) is 24.3 Å². The Bertz CT molecular complexity index is 1100. The molecule has 28 heavy (non-hydrogen) atoms. The second kappa shape index (κ2) is 7.48. The number of aromatic hydroxyl groups is 1. The Labute approximate surface area is 164 Å². The van der Waals surface area contributed by atoms with Crippen LogP contribution in [0.2, 0.25) is 0 Å². The molecule has 0 unspecified atom stereocenters. The van der Waals surface area contributed by atoms with Crippen molar-refractivity contribution in [2.75, 3.05) is 4.31 Å². The van der Waals surface area contributed by atoms with E-state index in [1.54, 1.807) is 56.3 Å². The van der Waals surface area contributed by atoms with Crippen LogP contribution in [0.1, 0.15) is 27.0 Å². The molecule has 0 spiro atoms. The minimum Gasteiger partial charge on any atom is -0.508 e. The van der Waals surface area contributed by atoms with Crippen molar-refractivity contribution in [1.29, 1.82) is 0 Å². The molecule has 1 amide bonds. The highest BCUT2D eigenvalue weighted by molar-refractivity contribution is 7.93. The largest absolute Gasteiger partial charge is 0.508 e. The first kappa shape index (κ1) is 19.6. The van der Waals surface area contributed by atoms with Gasteiger partial charge in [-0.25, -0.2) is 8.42 Å². The van der Waals surface area contributed by atoms with E-state index in [4.69, 9.17) is 0 Å². The molecule has 0 aromatic heterocycles. The van der Waals surface area contributed by atoms with Crippen molar-refractivity contribution < 1.29 is 18.3 Å². The van der Waals surface area contributed by atoms with Crippen molar-refractivity contribution in [2.24, 2.45) is 0 Å². The van der Waals surface area contributed by atoms with Crippen LogP contribution < -0.4 is 4.31 Å². The number of rotatable bonds is 4. The van der Waals surface area contributed by atoms with Gasteiger partial charge in [-0.15, -0.1) is 0 Å². The van der Waals surface area contributed by atoms with Gasteiger partial charge < -0.3 is 5.11 Å². The Morgan fingerprint density at radius 3 is 1.93 bits per heavy atom. The van der Waals surface area contributed by atoms with Crippen molar-refractivity contribution >= 4 is 21.6 Å². The predicted octanol–water partition coefficient (Wildman–Crippen LogP) is 4.35. The molecule has 3 rings (SSSR count). The first-order chi connectivity index (χ1) is 13.2. The molecule has 5 nitrogen and oxygen atoms in total. The molecule has 0 saturated heterocycles. The Morgan fingerprint density at radius 2 is 1.39 bits per heavy atom. The number of carbonyl (C=O) groups is 1. The summed E-state index contributed by atoms with van der Waals surface area (Å²) in [6, 6.07) is 17.5. The fourth-order valence-corrected chi connectivity index (χ4v) is 4.64. The molecular formula is C22H21NO4S. The topological polar surface area (TPSA) is 74.7 Å². The number of carbonyl (C=O) groups excluding carboxylic acids is 1. The Morgan fingerprint density at radius 1 is 0.857 bits per heavy atom. The summed E-state index contributed by atoms with van der Waals surface area (Å²) in [4.78, 5) is 13.3. The molecule has 3 aromatic carbocycles. The van der Waals surface area contributed by atoms with E-state index in [-0.39, 0.29) is 21.9 Å². The van der Waals surface area contributed by atoms with E-state index < -0.39 is 15.9 Å². The maximum absolute atomic E-state index is 13.5. The standard InChI is InChI=1S/C22H21NO4S/c1-15-9-11-20(12-10-15)28(26,27)23(22(25)18-7-5-4-6-8-18)21-16(2)13-19(24)14-17(21)3/h4-14,24H,1-3H3. The van der Waals surface area contributed by atoms with Crippen molar-refractivity contribution in [1.82, 2.24) is 0 Å². The molecule has 0 heterocycles. The molecule has 0 atom stereocenters. The van der Waals surface area contributed by atoms with Crippen LogP contribution in [-0.4, -0.2) is 19.4 Å². The molecule has 3 aromatic rings. The molecule has 0 aliphatic rings. The minimum atomic E-state index is -4.17. The van der Waals surface area contributed by atoms with Gasteiger partial charge in [0.2, 0.25) is 0 Å². The van der Waals surface area contributed by atoms with Crippen molar-refractivity contribution in [2.45, 2.75) is 25.7 Å². The van der Waals surface area contributed by atoms with E-state index in [9.17, 15) is 18.3 Å². The van der Waals surface area contributed by atoms with E-state index >= 15 is 0 Å². The van der Waals surface area contributed by atoms with Crippen LogP contribution in [0.5, 0.6) is 5.75 Å². The molecular weight excluding hydrogens is 374 g/mol. The first-order valence-corrected chi connectivity index (χ1v) is 10.2. The average Bonchev–Trinajstić information content (AvgIpc) is 2.65. The zero-order valence-corrected chi connectivity index (χ0v) is 16.7. The number of anilines is 1. The fourth-order valence-electron chi connectivity index (χ4n) is 3.10. The number of nitrogens with zero attached hydrogens (tertiary/aromatic N) is 1. The minimum absolute atomic E-state index is 0.0126. The lowest BCUT2D eigenvalue weighted by Crippen LogP contribution is -2.38. The van der Waals surface area contributed by atoms with Gasteiger partial charge in [0.05, 0.1) is 10.6 Å². The highest BCUT2D eigenvalue weighted by Gasteiger charge is 2.34. The van der Waals surface area contributed by atoms with E-state index in [0.29, 0.717) is 11.1 Å². The van der Waals surface area contributed by atoms with Crippen LogP contribution in [0.15, 0.2) is 71.6 Å². The molecule has 0 saturated carbocycles. The number of hydrogen-bond donors (Lipinski definition) is 1. The van der Waals surface area contributed by atoms with Crippen LogP contribution in [0.4, 0.5) is 5.69 Å². The van der Waals surface area contributed by atoms with Crippen LogP contribution in [0.25, 0.3) is 0 Å². The summed E-state index contributed by atoms with van der Waals surface area (Å²) in [5.74, 6) is -0.642. The third-order valence-corrected chi connectivity index (χ3v) is 6.14. The van der Waals surface area contributed by atoms with E-state index in [2.05, 4.69) is 0 Å². The molecule has 0 radical (unpaired) electrons. The lowest BCUT2D eigenvalue weighted by Gasteiger charge is -2.26. The molecule has 1 N–H and O–H groups in total. The summed E-state index contributed by atoms with van der Waals surface area (Å²) in [7, 11) is -4.17. The summed E-state index contributed by atoms with van der Waals surface area (Å²) in [6.45, 7) is 5.19. The van der Waals surface area contributed by atoms with Gasteiger partial charge >= 0.3 is 0 Å². The normalized spacial score (nSPS) is 11.2. The van der Waals surface area contributed by atoms with Gasteiger partial charge in [-0.3, -0.25) is 4.79 Å². The first-order valence-electron chi connectivity index (χ1n) is 8.73. The Kier molecular flexibility index (Phi) is 5.25. The average molecular weight is 395 g/mol. The molecule has 0 aliphatic carbocycles. The van der Waals surface area contributed by atoms with E-state index in [1.807, 2.05) is 6.92 Å². The molecule has 0 fully saturated rings. The maximum Gasteiger partial charge on any atom is 0.272 e. The van der Waals surface area contributed by atoms with Crippen LogP contribution in [0, 0.1) is 20.8 Å². The number of aryl methyl sites for hydroxylation is 3. The molecule has 144 valence electrons. The summed E-state index contributed by atoms with van der Waals surface area (Å²) in [6.07, 6.45) is 0. The predicted molar refractivity (Wildman–Crippen MR) is 109 cm³/mol. The van der Waals surface area contributed by atoms with Crippen LogP contribution in [-0.2, 0) is 10.0 Å². The smallest absolute Gasteiger partial charge is 0.272 e. The quantitative estimate of drug-likeness (QED) is 0.712. The summed E-state index contributed by atoms with van der Waals surface area (Å²) < 4.78 is 27.8. The Hall–Kier alpha value is -3.12. The van der Waals surface area contributed by atoms with Crippen molar-refractivity contribution in [3.8, 4) is 5.75 Å². The lowest BCUT2D eigenvalue weighted by molar-refractivity contribution is 0.100. The van der Waals surface area contributed by atoms with E-state index in [0.717, 1.165) is 9.87 Å². The van der Waals surface area contributed by atoms with Crippen LogP contribution >= 0.6 is 0 Å². The molecule has 0 aliphatic heterocycles. The third-order valence-electron chi connectivity index (χ3n) is 4.44. The monoisotopic (exact) mass is 395 g/mol. The second-order valence-electron chi connectivity index (χ2n) is 6.68. The number of phenols is 1. The zero-order valence-electron chi connectivity index (χ0n) is 15.9. The van der Waals surface area contributed by atoms with Crippen LogP contribution in [0.3, 0.4) is 0 Å². The maximum atomic E-state index is 13.5. The third kappa shape index (κ3) is 3.64. The SMILES string of the molecule is Cc1ccc(S(=O)(=O)N(C(=O)c2ccccc2)c2c(C)cc(O)cc2C)cc1.